The summed E-state index contributed by atoms with van der Waals surface area (Å²) in [6.07, 6.45) is 1.41. The minimum Gasteiger partial charge on any atom is -0.396 e. The second-order valence-electron chi connectivity index (χ2n) is 4.32. The van der Waals surface area contributed by atoms with Gasteiger partial charge in [-0.25, -0.2) is 8.42 Å². The fraction of sp³-hybridized carbons (Fsp3) is 0.538. The molecule has 0 atom stereocenters. The molecule has 102 valence electrons. The van der Waals surface area contributed by atoms with E-state index >= 15 is 0 Å². The van der Waals surface area contributed by atoms with Crippen LogP contribution in [-0.2, 0) is 16.3 Å². The number of aliphatic hydroxyl groups is 2. The van der Waals surface area contributed by atoms with E-state index in [0.29, 0.717) is 11.3 Å². The van der Waals surface area contributed by atoms with Crippen LogP contribution in [-0.4, -0.2) is 37.6 Å². The van der Waals surface area contributed by atoms with Gasteiger partial charge in [-0.15, -0.1) is 0 Å². The lowest BCUT2D eigenvalue weighted by molar-refractivity contribution is 0.144. The first-order chi connectivity index (χ1) is 8.53. The molecule has 0 fully saturated rings. The Hall–Kier alpha value is -0.910. The third kappa shape index (κ3) is 4.08. The topological polar surface area (TPSA) is 74.6 Å². The Bertz CT molecular complexity index is 446. The average Bonchev–Trinajstić information content (AvgIpc) is 2.40. The Morgan fingerprint density at radius 1 is 1.11 bits per heavy atom. The summed E-state index contributed by atoms with van der Waals surface area (Å²) in [4.78, 5) is 0.342. The monoisotopic (exact) mass is 272 g/mol. The molecule has 0 aliphatic carbocycles. The van der Waals surface area contributed by atoms with Crippen molar-refractivity contribution in [2.24, 2.45) is 5.92 Å². The molecule has 0 bridgehead atoms. The van der Waals surface area contributed by atoms with Gasteiger partial charge in [0.2, 0.25) is 0 Å². The van der Waals surface area contributed by atoms with E-state index in [2.05, 4.69) is 0 Å². The lowest BCUT2D eigenvalue weighted by atomic mass is 10.0. The van der Waals surface area contributed by atoms with E-state index in [1.165, 1.54) is 0 Å². The van der Waals surface area contributed by atoms with E-state index in [4.69, 9.17) is 10.2 Å². The predicted octanol–water partition coefficient (Wildman–Crippen LogP) is 1.01. The fourth-order valence-corrected chi connectivity index (χ4v) is 2.53. The normalized spacial score (nSPS) is 12.0. The minimum atomic E-state index is -3.14. The van der Waals surface area contributed by atoms with Crippen LogP contribution in [0.4, 0.5) is 0 Å². The number of aryl methyl sites for hydroxylation is 1. The second kappa shape index (κ2) is 6.87. The number of hydrogen-bond donors (Lipinski definition) is 2. The number of aliphatic hydroxyl groups excluding tert-OH is 2. The largest absolute Gasteiger partial charge is 0.396 e. The molecule has 0 radical (unpaired) electrons. The molecule has 0 saturated heterocycles. The number of hydrogen-bond acceptors (Lipinski definition) is 4. The van der Waals surface area contributed by atoms with Crippen molar-refractivity contribution >= 4 is 9.84 Å². The van der Waals surface area contributed by atoms with Gasteiger partial charge in [-0.1, -0.05) is 19.1 Å². The molecule has 0 saturated carbocycles. The molecular formula is C13H20O4S. The third-order valence-electron chi connectivity index (χ3n) is 3.02. The van der Waals surface area contributed by atoms with Crippen molar-refractivity contribution in [1.29, 1.82) is 0 Å². The van der Waals surface area contributed by atoms with Crippen molar-refractivity contribution in [3.8, 4) is 0 Å². The van der Waals surface area contributed by atoms with Gasteiger partial charge in [-0.2, -0.15) is 0 Å². The zero-order chi connectivity index (χ0) is 13.6. The van der Waals surface area contributed by atoms with Gasteiger partial charge in [0.1, 0.15) is 0 Å². The van der Waals surface area contributed by atoms with Crippen molar-refractivity contribution < 1.29 is 18.6 Å². The molecular weight excluding hydrogens is 252 g/mol. The summed E-state index contributed by atoms with van der Waals surface area (Å²) in [5.41, 5.74) is 1.01. The molecule has 5 heteroatoms. The quantitative estimate of drug-likeness (QED) is 0.777. The van der Waals surface area contributed by atoms with Gasteiger partial charge in [0.05, 0.1) is 10.6 Å². The van der Waals surface area contributed by atoms with Gasteiger partial charge in [0.15, 0.2) is 9.84 Å². The molecule has 0 spiro atoms. The Morgan fingerprint density at radius 3 is 2.11 bits per heavy atom. The molecule has 0 amide bonds. The lowest BCUT2D eigenvalue weighted by Crippen LogP contribution is -2.12. The second-order valence-corrected chi connectivity index (χ2v) is 6.60. The number of sulfone groups is 1. The first-order valence-corrected chi connectivity index (χ1v) is 7.72. The lowest BCUT2D eigenvalue weighted by Gasteiger charge is -2.10. The summed E-state index contributed by atoms with van der Waals surface area (Å²) in [7, 11) is -3.14. The highest BCUT2D eigenvalue weighted by atomic mass is 32.2. The van der Waals surface area contributed by atoms with E-state index in [1.807, 2.05) is 0 Å². The minimum absolute atomic E-state index is 0.0290. The van der Waals surface area contributed by atoms with Crippen LogP contribution in [0, 0.1) is 5.92 Å². The molecule has 1 aromatic rings. The predicted molar refractivity (Wildman–Crippen MR) is 70.2 cm³/mol. The van der Waals surface area contributed by atoms with Crippen LogP contribution in [0.5, 0.6) is 0 Å². The average molecular weight is 272 g/mol. The summed E-state index contributed by atoms with van der Waals surface area (Å²) in [6, 6.07) is 6.80. The molecule has 0 unspecified atom stereocenters. The van der Waals surface area contributed by atoms with Crippen molar-refractivity contribution in [2.45, 2.75) is 24.7 Å². The van der Waals surface area contributed by atoms with Crippen LogP contribution in [0.3, 0.4) is 0 Å². The summed E-state index contributed by atoms with van der Waals surface area (Å²) >= 11 is 0. The molecule has 1 aromatic carbocycles. The van der Waals surface area contributed by atoms with Crippen molar-refractivity contribution in [1.82, 2.24) is 0 Å². The van der Waals surface area contributed by atoms with Crippen molar-refractivity contribution in [3.63, 3.8) is 0 Å². The van der Waals surface area contributed by atoms with Crippen LogP contribution in [0.1, 0.15) is 18.9 Å². The maximum atomic E-state index is 11.6. The van der Waals surface area contributed by atoms with Gasteiger partial charge in [-0.05, 0) is 30.5 Å². The number of rotatable bonds is 7. The highest BCUT2D eigenvalue weighted by Gasteiger charge is 2.11. The maximum absolute atomic E-state index is 11.6. The van der Waals surface area contributed by atoms with E-state index in [-0.39, 0.29) is 24.9 Å². The summed E-state index contributed by atoms with van der Waals surface area (Å²) in [5, 5.41) is 17.9. The molecule has 18 heavy (non-hydrogen) atoms. The zero-order valence-corrected chi connectivity index (χ0v) is 11.4. The van der Waals surface area contributed by atoms with Crippen LogP contribution < -0.4 is 0 Å². The molecule has 4 nitrogen and oxygen atoms in total. The van der Waals surface area contributed by atoms with Gasteiger partial charge in [0, 0.05) is 19.1 Å². The summed E-state index contributed by atoms with van der Waals surface area (Å²) in [5.74, 6) is -0.00672. The first-order valence-electron chi connectivity index (χ1n) is 6.07. The fourth-order valence-electron chi connectivity index (χ4n) is 1.64. The smallest absolute Gasteiger partial charge is 0.178 e. The molecule has 0 aliphatic heterocycles. The summed E-state index contributed by atoms with van der Waals surface area (Å²) < 4.78 is 23.2. The third-order valence-corrected chi connectivity index (χ3v) is 4.77. The van der Waals surface area contributed by atoms with Crippen LogP contribution >= 0.6 is 0 Å². The molecule has 0 aromatic heterocycles. The van der Waals surface area contributed by atoms with Crippen molar-refractivity contribution in [2.75, 3.05) is 19.0 Å². The Labute approximate surface area is 108 Å². The first kappa shape index (κ1) is 15.1. The Kier molecular flexibility index (Phi) is 5.78. The van der Waals surface area contributed by atoms with E-state index in [0.717, 1.165) is 12.0 Å². The van der Waals surface area contributed by atoms with E-state index < -0.39 is 9.84 Å². The standard InChI is InChI=1S/C13H20O4S/c1-2-18(16,17)13-7-5-11(6-8-13)3-4-12(9-14)10-15/h5-8,12,14-15H,2-4,9-10H2,1H3. The van der Waals surface area contributed by atoms with Gasteiger partial charge in [-0.3, -0.25) is 0 Å². The highest BCUT2D eigenvalue weighted by Crippen LogP contribution is 2.15. The molecule has 1 rings (SSSR count). The number of benzene rings is 1. The SMILES string of the molecule is CCS(=O)(=O)c1ccc(CCC(CO)CO)cc1. The Balaban J connectivity index is 2.67. The van der Waals surface area contributed by atoms with Crippen LogP contribution in [0.15, 0.2) is 29.2 Å². The van der Waals surface area contributed by atoms with Gasteiger partial charge < -0.3 is 10.2 Å². The Morgan fingerprint density at radius 2 is 1.67 bits per heavy atom. The van der Waals surface area contributed by atoms with Gasteiger partial charge >= 0.3 is 0 Å². The van der Waals surface area contributed by atoms with E-state index in [9.17, 15) is 8.42 Å². The molecule has 0 heterocycles. The van der Waals surface area contributed by atoms with Crippen LogP contribution in [0.2, 0.25) is 0 Å². The van der Waals surface area contributed by atoms with E-state index in [1.54, 1.807) is 31.2 Å². The zero-order valence-electron chi connectivity index (χ0n) is 10.5. The highest BCUT2D eigenvalue weighted by molar-refractivity contribution is 7.91. The van der Waals surface area contributed by atoms with Crippen molar-refractivity contribution in [3.05, 3.63) is 29.8 Å². The maximum Gasteiger partial charge on any atom is 0.178 e. The van der Waals surface area contributed by atoms with Gasteiger partial charge in [0.25, 0.3) is 0 Å². The summed E-state index contributed by atoms with van der Waals surface area (Å²) in [6.45, 7) is 1.56. The molecule has 0 aliphatic rings. The van der Waals surface area contributed by atoms with Crippen LogP contribution in [0.25, 0.3) is 0 Å². The molecule has 2 N–H and O–H groups in total.